The molecule has 2 nitrogen and oxygen atoms in total. The van der Waals surface area contributed by atoms with E-state index in [9.17, 15) is 0 Å². The molecule has 0 amide bonds. The van der Waals surface area contributed by atoms with Crippen molar-refractivity contribution in [2.75, 3.05) is 0 Å². The lowest BCUT2D eigenvalue weighted by atomic mass is 9.82. The Hall–Kier alpha value is -4.04. The van der Waals surface area contributed by atoms with Gasteiger partial charge >= 0.3 is 0 Å². The zero-order valence-electron chi connectivity index (χ0n) is 18.9. The molecule has 1 unspecified atom stereocenters. The molecule has 2 heterocycles. The maximum atomic E-state index is 2.36. The first-order valence-electron chi connectivity index (χ1n) is 11.5. The van der Waals surface area contributed by atoms with Crippen molar-refractivity contribution in [1.82, 2.24) is 9.13 Å². The predicted molar refractivity (Wildman–Crippen MR) is 139 cm³/mol. The molecule has 33 heavy (non-hydrogen) atoms. The molecule has 4 aromatic carbocycles. The Balaban J connectivity index is 1.76. The molecule has 2 heteroatoms. The van der Waals surface area contributed by atoms with Gasteiger partial charge in [-0.15, -0.1) is 0 Å². The van der Waals surface area contributed by atoms with E-state index < -0.39 is 0 Å². The van der Waals surface area contributed by atoms with E-state index in [1.807, 2.05) is 0 Å². The van der Waals surface area contributed by atoms with Crippen molar-refractivity contribution in [2.24, 2.45) is 14.1 Å². The van der Waals surface area contributed by atoms with Gasteiger partial charge in [0, 0.05) is 48.0 Å². The highest BCUT2D eigenvalue weighted by Gasteiger charge is 2.28. The molecule has 6 rings (SSSR count). The second kappa shape index (κ2) is 7.83. The fourth-order valence-corrected chi connectivity index (χ4v) is 5.41. The minimum absolute atomic E-state index is 0.110. The lowest BCUT2D eigenvalue weighted by Crippen LogP contribution is -2.05. The molecule has 1 atom stereocenters. The number of aromatic nitrogens is 2. The third-order valence-electron chi connectivity index (χ3n) is 6.85. The van der Waals surface area contributed by atoms with Crippen molar-refractivity contribution in [3.8, 4) is 11.3 Å². The summed E-state index contributed by atoms with van der Waals surface area (Å²) in [7, 11) is 4.34. The van der Waals surface area contributed by atoms with Gasteiger partial charge in [-0.3, -0.25) is 0 Å². The number of hydrogen-bond acceptors (Lipinski definition) is 0. The Labute approximate surface area is 194 Å². The Morgan fingerprint density at radius 3 is 1.88 bits per heavy atom. The molecule has 0 spiro atoms. The maximum absolute atomic E-state index is 2.36. The standard InChI is InChI=1S/C31H26N2/c1-32-21-26(24-17-9-11-19-27(24)32)29(22-13-5-3-6-14-22)30-25-18-10-12-20-28(25)33(2)31(30)23-15-7-4-8-16-23/h3-21,29H,1-2H3. The van der Waals surface area contributed by atoms with Crippen LogP contribution in [0, 0.1) is 0 Å². The highest BCUT2D eigenvalue weighted by molar-refractivity contribution is 5.95. The van der Waals surface area contributed by atoms with E-state index in [4.69, 9.17) is 0 Å². The molecule has 0 bridgehead atoms. The first kappa shape index (κ1) is 19.6. The third kappa shape index (κ3) is 3.10. The van der Waals surface area contributed by atoms with Gasteiger partial charge in [0.15, 0.2) is 0 Å². The highest BCUT2D eigenvalue weighted by atomic mass is 15.0. The van der Waals surface area contributed by atoms with Crippen molar-refractivity contribution in [3.63, 3.8) is 0 Å². The first-order valence-corrected chi connectivity index (χ1v) is 11.5. The van der Waals surface area contributed by atoms with Crippen LogP contribution in [-0.4, -0.2) is 9.13 Å². The number of benzene rings is 4. The molecule has 0 N–H and O–H groups in total. The molecule has 0 aliphatic rings. The van der Waals surface area contributed by atoms with Crippen molar-refractivity contribution in [1.29, 1.82) is 0 Å². The average molecular weight is 427 g/mol. The van der Waals surface area contributed by atoms with E-state index in [-0.39, 0.29) is 5.92 Å². The lowest BCUT2D eigenvalue weighted by Gasteiger charge is -2.20. The number of rotatable bonds is 4. The van der Waals surface area contributed by atoms with Crippen molar-refractivity contribution < 1.29 is 0 Å². The van der Waals surface area contributed by atoms with E-state index in [1.165, 1.54) is 49.8 Å². The van der Waals surface area contributed by atoms with Gasteiger partial charge in [-0.05, 0) is 34.4 Å². The molecule has 0 saturated heterocycles. The van der Waals surface area contributed by atoms with Gasteiger partial charge in [0.05, 0.1) is 5.69 Å². The normalized spacial score (nSPS) is 12.4. The van der Waals surface area contributed by atoms with Crippen LogP contribution in [0.2, 0.25) is 0 Å². The fourth-order valence-electron chi connectivity index (χ4n) is 5.41. The van der Waals surface area contributed by atoms with Crippen LogP contribution in [-0.2, 0) is 14.1 Å². The van der Waals surface area contributed by atoms with Gasteiger partial charge in [-0.1, -0.05) is 97.1 Å². The van der Waals surface area contributed by atoms with E-state index in [0.717, 1.165) is 0 Å². The van der Waals surface area contributed by atoms with Gasteiger partial charge in [-0.25, -0.2) is 0 Å². The molecule has 0 saturated carbocycles. The predicted octanol–water partition coefficient (Wildman–Crippen LogP) is 7.52. The van der Waals surface area contributed by atoms with E-state index >= 15 is 0 Å². The smallest absolute Gasteiger partial charge is 0.0530 e. The Kier molecular flexibility index (Phi) is 4.66. The first-order chi connectivity index (χ1) is 16.2. The zero-order chi connectivity index (χ0) is 22.4. The summed E-state index contributed by atoms with van der Waals surface area (Å²) in [5.41, 5.74) is 9.05. The van der Waals surface area contributed by atoms with Gasteiger partial charge in [-0.2, -0.15) is 0 Å². The molecule has 160 valence electrons. The van der Waals surface area contributed by atoms with Crippen molar-refractivity contribution in [3.05, 3.63) is 132 Å². The summed E-state index contributed by atoms with van der Waals surface area (Å²) in [6.07, 6.45) is 2.32. The van der Waals surface area contributed by atoms with Crippen LogP contribution in [0.3, 0.4) is 0 Å². The Morgan fingerprint density at radius 2 is 1.15 bits per heavy atom. The largest absolute Gasteiger partial charge is 0.350 e. The summed E-state index contributed by atoms with van der Waals surface area (Å²) in [6, 6.07) is 39.3. The Morgan fingerprint density at radius 1 is 0.576 bits per heavy atom. The average Bonchev–Trinajstić information content (AvgIpc) is 3.36. The molecule has 0 aliphatic heterocycles. The minimum Gasteiger partial charge on any atom is -0.350 e. The fraction of sp³-hybridized carbons (Fsp3) is 0.0968. The minimum atomic E-state index is 0.110. The molecule has 0 aliphatic carbocycles. The van der Waals surface area contributed by atoms with Crippen LogP contribution in [0.5, 0.6) is 0 Å². The third-order valence-corrected chi connectivity index (χ3v) is 6.85. The van der Waals surface area contributed by atoms with Crippen molar-refractivity contribution in [2.45, 2.75) is 5.92 Å². The summed E-state index contributed by atoms with van der Waals surface area (Å²) < 4.78 is 4.62. The number of nitrogens with zero attached hydrogens (tertiary/aromatic N) is 2. The summed E-state index contributed by atoms with van der Waals surface area (Å²) in [6.45, 7) is 0. The monoisotopic (exact) mass is 426 g/mol. The molecule has 0 radical (unpaired) electrons. The second-order valence-electron chi connectivity index (χ2n) is 8.76. The quantitative estimate of drug-likeness (QED) is 0.276. The Bertz CT molecular complexity index is 1570. The molecule has 2 aromatic heterocycles. The summed E-state index contributed by atoms with van der Waals surface area (Å²) >= 11 is 0. The van der Waals surface area contributed by atoms with Crippen LogP contribution in [0.1, 0.15) is 22.6 Å². The van der Waals surface area contributed by atoms with Gasteiger partial charge in [0.25, 0.3) is 0 Å². The SMILES string of the molecule is Cn1cc(C(c2ccccc2)c2c(-c3ccccc3)n(C)c3ccccc23)c2ccccc21. The van der Waals surface area contributed by atoms with Crippen molar-refractivity contribution >= 4 is 21.8 Å². The zero-order valence-corrected chi connectivity index (χ0v) is 18.9. The highest BCUT2D eigenvalue weighted by Crippen LogP contribution is 2.45. The molecular weight excluding hydrogens is 400 g/mol. The van der Waals surface area contributed by atoms with Crippen LogP contribution in [0.4, 0.5) is 0 Å². The topological polar surface area (TPSA) is 9.86 Å². The van der Waals surface area contributed by atoms with Gasteiger partial charge < -0.3 is 9.13 Å². The van der Waals surface area contributed by atoms with E-state index in [2.05, 4.69) is 139 Å². The number of hydrogen-bond donors (Lipinski definition) is 0. The molecular formula is C31H26N2. The maximum Gasteiger partial charge on any atom is 0.0530 e. The number of para-hydroxylation sites is 2. The second-order valence-corrected chi connectivity index (χ2v) is 8.76. The van der Waals surface area contributed by atoms with Crippen LogP contribution < -0.4 is 0 Å². The molecule has 6 aromatic rings. The van der Waals surface area contributed by atoms with Crippen LogP contribution in [0.25, 0.3) is 33.1 Å². The summed E-state index contributed by atoms with van der Waals surface area (Å²) in [5.74, 6) is 0.110. The summed E-state index contributed by atoms with van der Waals surface area (Å²) in [4.78, 5) is 0. The van der Waals surface area contributed by atoms with Crippen LogP contribution >= 0.6 is 0 Å². The number of aryl methyl sites for hydroxylation is 2. The van der Waals surface area contributed by atoms with Gasteiger partial charge in [0.1, 0.15) is 0 Å². The van der Waals surface area contributed by atoms with E-state index in [0.29, 0.717) is 0 Å². The number of fused-ring (bicyclic) bond motifs is 2. The van der Waals surface area contributed by atoms with Gasteiger partial charge in [0.2, 0.25) is 0 Å². The lowest BCUT2D eigenvalue weighted by molar-refractivity contribution is 0.918. The van der Waals surface area contributed by atoms with Crippen LogP contribution in [0.15, 0.2) is 115 Å². The van der Waals surface area contributed by atoms with E-state index in [1.54, 1.807) is 0 Å². The summed E-state index contributed by atoms with van der Waals surface area (Å²) in [5, 5.41) is 2.61. The molecule has 0 fully saturated rings.